The molecular formula is C14H8ClF3O2. The second kappa shape index (κ2) is 5.17. The van der Waals surface area contributed by atoms with Crippen LogP contribution in [0.1, 0.15) is 15.9 Å². The van der Waals surface area contributed by atoms with Crippen LogP contribution in [0.4, 0.5) is 13.2 Å². The van der Waals surface area contributed by atoms with Gasteiger partial charge in [0.05, 0.1) is 11.1 Å². The van der Waals surface area contributed by atoms with Crippen molar-refractivity contribution in [2.75, 3.05) is 0 Å². The molecule has 0 radical (unpaired) electrons. The summed E-state index contributed by atoms with van der Waals surface area (Å²) in [7, 11) is 0. The standard InChI is InChI=1S/C14H8ClF3O2/c15-10-2-3-11(12(6-10)14(16,17)18)8-1-4-13(20)9(5-8)7-19/h1-7,20H. The van der Waals surface area contributed by atoms with Gasteiger partial charge in [-0.3, -0.25) is 4.79 Å². The molecule has 0 saturated heterocycles. The summed E-state index contributed by atoms with van der Waals surface area (Å²) in [6, 6.07) is 7.06. The Hall–Kier alpha value is -2.01. The maximum Gasteiger partial charge on any atom is 0.417 e. The van der Waals surface area contributed by atoms with Crippen LogP contribution < -0.4 is 0 Å². The first-order chi connectivity index (χ1) is 9.32. The maximum absolute atomic E-state index is 13.0. The summed E-state index contributed by atoms with van der Waals surface area (Å²) in [5, 5.41) is 9.35. The van der Waals surface area contributed by atoms with Gasteiger partial charge in [0.1, 0.15) is 5.75 Å². The van der Waals surface area contributed by atoms with Crippen molar-refractivity contribution in [1.82, 2.24) is 0 Å². The van der Waals surface area contributed by atoms with Gasteiger partial charge in [-0.2, -0.15) is 13.2 Å². The van der Waals surface area contributed by atoms with Gasteiger partial charge in [-0.1, -0.05) is 23.7 Å². The lowest BCUT2D eigenvalue weighted by molar-refractivity contribution is -0.137. The Morgan fingerprint density at radius 1 is 1.10 bits per heavy atom. The van der Waals surface area contributed by atoms with Gasteiger partial charge in [0.2, 0.25) is 0 Å². The van der Waals surface area contributed by atoms with Gasteiger partial charge in [-0.15, -0.1) is 0 Å². The molecule has 2 nitrogen and oxygen atoms in total. The van der Waals surface area contributed by atoms with Crippen LogP contribution in [0.3, 0.4) is 0 Å². The molecule has 0 saturated carbocycles. The van der Waals surface area contributed by atoms with Crippen LogP contribution >= 0.6 is 11.6 Å². The molecule has 20 heavy (non-hydrogen) atoms. The highest BCUT2D eigenvalue weighted by molar-refractivity contribution is 6.30. The summed E-state index contributed by atoms with van der Waals surface area (Å²) in [4.78, 5) is 10.7. The fraction of sp³-hybridized carbons (Fsp3) is 0.0714. The fourth-order valence-electron chi connectivity index (χ4n) is 1.82. The van der Waals surface area contributed by atoms with Gasteiger partial charge < -0.3 is 5.11 Å². The van der Waals surface area contributed by atoms with Crippen LogP contribution in [-0.4, -0.2) is 11.4 Å². The van der Waals surface area contributed by atoms with Crippen LogP contribution in [0.25, 0.3) is 11.1 Å². The molecule has 0 aromatic heterocycles. The van der Waals surface area contributed by atoms with Crippen molar-refractivity contribution in [3.8, 4) is 16.9 Å². The molecule has 0 aliphatic carbocycles. The Balaban J connectivity index is 2.67. The third-order valence-electron chi connectivity index (χ3n) is 2.75. The molecule has 0 atom stereocenters. The number of phenols is 1. The number of rotatable bonds is 2. The van der Waals surface area contributed by atoms with E-state index in [1.807, 2.05) is 0 Å². The number of alkyl halides is 3. The Kier molecular flexibility index (Phi) is 3.72. The number of carbonyl (C=O) groups excluding carboxylic acids is 1. The molecule has 0 heterocycles. The first kappa shape index (κ1) is 14.4. The second-order valence-corrected chi connectivity index (χ2v) is 4.52. The summed E-state index contributed by atoms with van der Waals surface area (Å²) < 4.78 is 39.0. The van der Waals surface area contributed by atoms with Crippen molar-refractivity contribution in [3.05, 3.63) is 52.5 Å². The number of carbonyl (C=O) groups is 1. The summed E-state index contributed by atoms with van der Waals surface area (Å²) in [6.45, 7) is 0. The van der Waals surface area contributed by atoms with E-state index < -0.39 is 11.7 Å². The molecule has 1 N–H and O–H groups in total. The van der Waals surface area contributed by atoms with Crippen LogP contribution in [0.5, 0.6) is 5.75 Å². The molecule has 0 spiro atoms. The molecule has 2 rings (SSSR count). The smallest absolute Gasteiger partial charge is 0.417 e. The zero-order chi connectivity index (χ0) is 14.9. The lowest BCUT2D eigenvalue weighted by Gasteiger charge is -2.14. The van der Waals surface area contributed by atoms with Crippen molar-refractivity contribution in [2.45, 2.75) is 6.18 Å². The van der Waals surface area contributed by atoms with E-state index in [0.717, 1.165) is 6.07 Å². The molecule has 104 valence electrons. The normalized spacial score (nSPS) is 11.4. The van der Waals surface area contributed by atoms with Crippen molar-refractivity contribution in [3.63, 3.8) is 0 Å². The molecule has 0 fully saturated rings. The largest absolute Gasteiger partial charge is 0.507 e. The minimum Gasteiger partial charge on any atom is -0.507 e. The average Bonchev–Trinajstić information content (AvgIpc) is 2.38. The molecule has 2 aromatic rings. The third-order valence-corrected chi connectivity index (χ3v) is 2.99. The van der Waals surface area contributed by atoms with Gasteiger partial charge in [0, 0.05) is 5.02 Å². The fourth-order valence-corrected chi connectivity index (χ4v) is 1.99. The Labute approximate surface area is 117 Å². The van der Waals surface area contributed by atoms with Gasteiger partial charge in [0.25, 0.3) is 0 Å². The van der Waals surface area contributed by atoms with Gasteiger partial charge in [-0.05, 0) is 35.4 Å². The van der Waals surface area contributed by atoms with Crippen molar-refractivity contribution < 1.29 is 23.1 Å². The number of hydrogen-bond acceptors (Lipinski definition) is 2. The average molecular weight is 301 g/mol. The summed E-state index contributed by atoms with van der Waals surface area (Å²) in [5.41, 5.74) is -0.906. The minimum absolute atomic E-state index is 0.0320. The predicted octanol–water partition coefficient (Wildman–Crippen LogP) is 4.54. The first-order valence-corrected chi connectivity index (χ1v) is 5.86. The van der Waals surface area contributed by atoms with Gasteiger partial charge >= 0.3 is 6.18 Å². The molecule has 0 amide bonds. The highest BCUT2D eigenvalue weighted by Crippen LogP contribution is 2.39. The van der Waals surface area contributed by atoms with Crippen molar-refractivity contribution in [1.29, 1.82) is 0 Å². The second-order valence-electron chi connectivity index (χ2n) is 4.08. The van der Waals surface area contributed by atoms with Crippen molar-refractivity contribution in [2.24, 2.45) is 0 Å². The Morgan fingerprint density at radius 2 is 1.80 bits per heavy atom. The lowest BCUT2D eigenvalue weighted by atomic mass is 9.97. The molecule has 6 heteroatoms. The summed E-state index contributed by atoms with van der Waals surface area (Å²) >= 11 is 5.60. The third kappa shape index (κ3) is 2.77. The molecule has 0 bridgehead atoms. The lowest BCUT2D eigenvalue weighted by Crippen LogP contribution is -2.07. The van der Waals surface area contributed by atoms with E-state index in [0.29, 0.717) is 6.29 Å². The van der Waals surface area contributed by atoms with Crippen LogP contribution in [0.15, 0.2) is 36.4 Å². The zero-order valence-electron chi connectivity index (χ0n) is 9.91. The van der Waals surface area contributed by atoms with Crippen LogP contribution in [-0.2, 0) is 6.18 Å². The van der Waals surface area contributed by atoms with E-state index in [1.54, 1.807) is 0 Å². The van der Waals surface area contributed by atoms with Crippen LogP contribution in [0, 0.1) is 0 Å². The Bertz CT molecular complexity index is 666. The van der Waals surface area contributed by atoms with E-state index in [-0.39, 0.29) is 27.5 Å². The molecule has 0 aliphatic heterocycles. The number of phenolic OH excluding ortho intramolecular Hbond substituents is 1. The molecule has 2 aromatic carbocycles. The topological polar surface area (TPSA) is 37.3 Å². The van der Waals surface area contributed by atoms with Crippen LogP contribution in [0.2, 0.25) is 5.02 Å². The molecular weight excluding hydrogens is 293 g/mol. The van der Waals surface area contributed by atoms with Gasteiger partial charge in [0.15, 0.2) is 6.29 Å². The summed E-state index contributed by atoms with van der Waals surface area (Å²) in [5.74, 6) is -0.286. The van der Waals surface area contributed by atoms with E-state index in [4.69, 9.17) is 11.6 Å². The SMILES string of the molecule is O=Cc1cc(-c2ccc(Cl)cc2C(F)(F)F)ccc1O. The van der Waals surface area contributed by atoms with Crippen molar-refractivity contribution >= 4 is 17.9 Å². The van der Waals surface area contributed by atoms with E-state index in [9.17, 15) is 23.1 Å². The van der Waals surface area contributed by atoms with E-state index in [1.165, 1.54) is 30.3 Å². The first-order valence-electron chi connectivity index (χ1n) is 5.48. The number of halogens is 4. The monoisotopic (exact) mass is 300 g/mol. The molecule has 0 unspecified atom stereocenters. The minimum atomic E-state index is -4.57. The maximum atomic E-state index is 13.0. The summed E-state index contributed by atoms with van der Waals surface area (Å²) in [6.07, 6.45) is -4.19. The van der Waals surface area contributed by atoms with Gasteiger partial charge in [-0.25, -0.2) is 0 Å². The Morgan fingerprint density at radius 3 is 2.40 bits per heavy atom. The number of aromatic hydroxyl groups is 1. The highest BCUT2D eigenvalue weighted by Gasteiger charge is 2.34. The quantitative estimate of drug-likeness (QED) is 0.827. The number of benzene rings is 2. The van der Waals surface area contributed by atoms with E-state index >= 15 is 0 Å². The number of hydrogen-bond donors (Lipinski definition) is 1. The highest BCUT2D eigenvalue weighted by atomic mass is 35.5. The predicted molar refractivity (Wildman–Crippen MR) is 68.9 cm³/mol. The number of aldehydes is 1. The van der Waals surface area contributed by atoms with E-state index in [2.05, 4.69) is 0 Å². The molecule has 0 aliphatic rings. The zero-order valence-corrected chi connectivity index (χ0v) is 10.7.